The molecule has 716 valence electrons. The zero-order valence-electron chi connectivity index (χ0n) is 82.6. The number of hydrogen-bond acceptors (Lipinski definition) is 18. The van der Waals surface area contributed by atoms with Crippen LogP contribution in [0.3, 0.4) is 0 Å². The summed E-state index contributed by atoms with van der Waals surface area (Å²) in [5.41, 5.74) is 17.1. The van der Waals surface area contributed by atoms with Gasteiger partial charge in [0.05, 0.1) is 48.7 Å². The van der Waals surface area contributed by atoms with Gasteiger partial charge in [-0.25, -0.2) is 59.0 Å². The Bertz CT molecular complexity index is 5150. The van der Waals surface area contributed by atoms with Crippen molar-refractivity contribution >= 4 is 23.9 Å². The Labute approximate surface area is 809 Å². The van der Waals surface area contributed by atoms with Gasteiger partial charge < -0.3 is 28.4 Å². The molecule has 8 aromatic carbocycles. The van der Waals surface area contributed by atoms with Crippen molar-refractivity contribution in [3.8, 4) is 45.6 Å². The van der Waals surface area contributed by atoms with Crippen molar-refractivity contribution in [3.05, 3.63) is 333 Å². The Kier molecular flexibility index (Phi) is 43.3. The predicted octanol–water partition coefficient (Wildman–Crippen LogP) is 29.1. The van der Waals surface area contributed by atoms with Crippen LogP contribution in [-0.2, 0) is 54.1 Å². The molecule has 0 spiro atoms. The third-order valence-corrected chi connectivity index (χ3v) is 25.6. The van der Waals surface area contributed by atoms with Gasteiger partial charge in [0, 0.05) is 71.8 Å². The van der Waals surface area contributed by atoms with E-state index in [4.69, 9.17) is 68.3 Å². The lowest BCUT2D eigenvalue weighted by atomic mass is 9.95. The first-order valence-corrected chi connectivity index (χ1v) is 50.4. The molecule has 12 aromatic rings. The molecule has 18 nitrogen and oxygen atoms in total. The normalized spacial score (nSPS) is 13.1. The zero-order valence-corrected chi connectivity index (χ0v) is 82.6. The van der Waals surface area contributed by atoms with Crippen LogP contribution in [0.1, 0.15) is 357 Å². The van der Waals surface area contributed by atoms with Crippen LogP contribution in [0.4, 0.5) is 0 Å². The molecule has 18 heteroatoms. The number of aromatic nitrogens is 8. The molecule has 0 aliphatic rings. The quantitative estimate of drug-likeness (QED) is 0.0196. The van der Waals surface area contributed by atoms with Gasteiger partial charge >= 0.3 is 23.9 Å². The van der Waals surface area contributed by atoms with Gasteiger partial charge in [0.25, 0.3) is 0 Å². The molecule has 136 heavy (non-hydrogen) atoms. The molecule has 4 heterocycles. The van der Waals surface area contributed by atoms with Gasteiger partial charge in [0.1, 0.15) is 24.4 Å². The van der Waals surface area contributed by atoms with Gasteiger partial charge in [0.15, 0.2) is 23.3 Å². The molecule has 12 rings (SSSR count). The summed E-state index contributed by atoms with van der Waals surface area (Å²) in [6.45, 7) is 27.0. The number of ether oxygens (including phenoxy) is 6. The van der Waals surface area contributed by atoms with Crippen LogP contribution in [0.2, 0.25) is 0 Å². The number of aryl methyl sites for hydroxylation is 4. The van der Waals surface area contributed by atoms with E-state index in [1.165, 1.54) is 89.9 Å². The second-order valence-corrected chi connectivity index (χ2v) is 36.8. The summed E-state index contributed by atoms with van der Waals surface area (Å²) >= 11 is 0. The largest absolute Gasteiger partial charge is 0.462 e. The van der Waals surface area contributed by atoms with Gasteiger partial charge in [-0.1, -0.05) is 344 Å². The minimum atomic E-state index is -0.581. The van der Waals surface area contributed by atoms with E-state index in [2.05, 4.69) is 132 Å². The summed E-state index contributed by atoms with van der Waals surface area (Å²) in [6.07, 6.45) is 42.7. The minimum Gasteiger partial charge on any atom is -0.462 e. The fraction of sp³-hybridized carbons (Fsp3) is 0.424. The fourth-order valence-corrected chi connectivity index (χ4v) is 15.7. The van der Waals surface area contributed by atoms with Gasteiger partial charge in [-0.15, -0.1) is 0 Å². The number of hydrogen-bond donors (Lipinski definition) is 0. The molecule has 0 N–H and O–H groups in total. The summed E-state index contributed by atoms with van der Waals surface area (Å²) in [4.78, 5) is 90.4. The standard InChI is InChI=1S/C60H74N4O5.C58H70N4O5/c1-7-11-13-15-17-19-45-37-61-57(62-38-45)51-29-21-47(22-30-51)55(49-25-33-53(34-26-49)59(65)67-41-43(5)9-3)69-56(50-27-35-54(36-28-50)60(66)68-42-44(6)10-4)48-23-31-52(32-24-48)58-63-39-46(40-64-58)20-18-16-14-12-8-2;1-7-11-13-15-17-43-35-59-55(60-36-43)49-27-19-45(20-28-49)53(47-23-31-51(32-24-47)57(63)65-39-41(5)9-3)67-54(48-25-33-52(34-26-48)58(64)66-40-42(6)10-4)46-21-29-50(30-22-46)56-61-37-44(38-62-56)18-16-14-12-8-2/h21-40,43-44,55-56H,7-20,41-42H2,1-6H3;19-38,41-42,53-54H,7-18,39-40H2,1-6H3. The molecule has 0 saturated heterocycles. The number of benzene rings is 8. The van der Waals surface area contributed by atoms with Crippen molar-refractivity contribution in [1.29, 1.82) is 0 Å². The number of rotatable bonds is 54. The van der Waals surface area contributed by atoms with E-state index in [-0.39, 0.29) is 47.5 Å². The molecular weight excluding hydrogens is 1690 g/mol. The molecule has 0 bridgehead atoms. The molecule has 0 amide bonds. The minimum absolute atomic E-state index is 0.274. The summed E-state index contributed by atoms with van der Waals surface area (Å²) < 4.78 is 37.2. The molecule has 4 aromatic heterocycles. The first-order valence-electron chi connectivity index (χ1n) is 50.4. The van der Waals surface area contributed by atoms with Crippen molar-refractivity contribution in [3.63, 3.8) is 0 Å². The first-order chi connectivity index (χ1) is 66.4. The number of unbranched alkanes of at least 4 members (excludes halogenated alkanes) is 14. The molecule has 0 aliphatic heterocycles. The zero-order chi connectivity index (χ0) is 96.2. The van der Waals surface area contributed by atoms with Gasteiger partial charge in [0.2, 0.25) is 0 Å². The molecule has 8 atom stereocenters. The Morgan fingerprint density at radius 1 is 0.221 bits per heavy atom. The van der Waals surface area contributed by atoms with Crippen LogP contribution in [0.5, 0.6) is 0 Å². The predicted molar refractivity (Wildman–Crippen MR) is 545 cm³/mol. The van der Waals surface area contributed by atoms with Crippen molar-refractivity contribution < 1.29 is 47.6 Å². The smallest absolute Gasteiger partial charge is 0.338 e. The molecule has 8 unspecified atom stereocenters. The highest BCUT2D eigenvalue weighted by Crippen LogP contribution is 2.41. The highest BCUT2D eigenvalue weighted by molar-refractivity contribution is 5.91. The van der Waals surface area contributed by atoms with Crippen LogP contribution in [-0.4, -0.2) is 90.2 Å². The summed E-state index contributed by atoms with van der Waals surface area (Å²) in [5, 5.41) is 0. The van der Waals surface area contributed by atoms with Crippen molar-refractivity contribution in [1.82, 2.24) is 39.9 Å². The lowest BCUT2D eigenvalue weighted by Crippen LogP contribution is -2.15. The van der Waals surface area contributed by atoms with Crippen LogP contribution in [0, 0.1) is 23.7 Å². The Balaban J connectivity index is 0.000000261. The molecule has 0 fully saturated rings. The van der Waals surface area contributed by atoms with E-state index in [0.717, 1.165) is 166 Å². The summed E-state index contributed by atoms with van der Waals surface area (Å²) in [7, 11) is 0. The van der Waals surface area contributed by atoms with Crippen LogP contribution in [0.25, 0.3) is 45.6 Å². The second-order valence-electron chi connectivity index (χ2n) is 36.8. The lowest BCUT2D eigenvalue weighted by Gasteiger charge is -2.27. The topological polar surface area (TPSA) is 227 Å². The van der Waals surface area contributed by atoms with Crippen LogP contribution >= 0.6 is 0 Å². The van der Waals surface area contributed by atoms with E-state index in [0.29, 0.717) is 72.0 Å². The molecule has 0 saturated carbocycles. The van der Waals surface area contributed by atoms with Crippen molar-refractivity contribution in [2.24, 2.45) is 23.7 Å². The van der Waals surface area contributed by atoms with Gasteiger partial charge in [-0.05, 0) is 190 Å². The third-order valence-electron chi connectivity index (χ3n) is 25.6. The van der Waals surface area contributed by atoms with E-state index in [9.17, 15) is 19.2 Å². The SMILES string of the molecule is CCCCCCCc1cnc(-c2ccc(C(OC(c3ccc(C(=O)OCC(C)CC)cc3)c3ccc(-c4ncc(CCCCCCC)cn4)cc3)c3ccc(C(=O)OCC(C)CC)cc3)cc2)nc1.CCCCCCc1cnc(-c2ccc(C(OC(c3ccc(C(=O)OCC(C)CC)cc3)c3ccc(-c4ncc(CCCCCC)cn4)cc3)c3ccc(C(=O)OCC(C)CC)cc3)cc2)nc1. The molecule has 0 radical (unpaired) electrons. The summed E-state index contributed by atoms with van der Waals surface area (Å²) in [5.74, 6) is 2.33. The average Bonchev–Trinajstić information content (AvgIpc) is 0.794. The maximum atomic E-state index is 13.1. The van der Waals surface area contributed by atoms with Crippen molar-refractivity contribution in [2.75, 3.05) is 26.4 Å². The Morgan fingerprint density at radius 3 is 0.551 bits per heavy atom. The highest BCUT2D eigenvalue weighted by Gasteiger charge is 2.29. The average molecular weight is 1830 g/mol. The number of carbonyl (C=O) groups excluding carboxylic acids is 4. The molecule has 0 aliphatic carbocycles. The van der Waals surface area contributed by atoms with Crippen molar-refractivity contribution in [2.45, 2.75) is 274 Å². The van der Waals surface area contributed by atoms with Crippen LogP contribution in [0.15, 0.2) is 244 Å². The lowest BCUT2D eigenvalue weighted by molar-refractivity contribution is 0.0306. The second kappa shape index (κ2) is 56.4. The van der Waals surface area contributed by atoms with E-state index in [1.807, 2.05) is 147 Å². The van der Waals surface area contributed by atoms with E-state index in [1.54, 1.807) is 48.5 Å². The van der Waals surface area contributed by atoms with Gasteiger partial charge in [-0.2, -0.15) is 0 Å². The number of carbonyl (C=O) groups is 4. The molecular formula is C118H144N8O10. The highest BCUT2D eigenvalue weighted by atomic mass is 16.5. The fourth-order valence-electron chi connectivity index (χ4n) is 15.7. The number of esters is 4. The van der Waals surface area contributed by atoms with E-state index >= 15 is 0 Å². The van der Waals surface area contributed by atoms with Gasteiger partial charge in [-0.3, -0.25) is 0 Å². The van der Waals surface area contributed by atoms with E-state index < -0.39 is 24.4 Å². The van der Waals surface area contributed by atoms with Crippen LogP contribution < -0.4 is 0 Å². The first kappa shape index (κ1) is 104. The monoisotopic (exact) mass is 1830 g/mol. The number of nitrogens with zero attached hydrogens (tertiary/aromatic N) is 8. The maximum absolute atomic E-state index is 13.1. The Morgan fingerprint density at radius 2 is 0.382 bits per heavy atom. The third kappa shape index (κ3) is 32.6. The Hall–Kier alpha value is -12.1. The maximum Gasteiger partial charge on any atom is 0.338 e. The summed E-state index contributed by atoms with van der Waals surface area (Å²) in [6, 6.07) is 62.6.